The summed E-state index contributed by atoms with van der Waals surface area (Å²) < 4.78 is 7.13. The minimum absolute atomic E-state index is 0.585. The standard InChI is InChI=1S/C18H19N7OS2/c1-11-12(2)27-15-14(11)16(21-13(20-15)10-24-6-8-26-9-7-24)28-18-22-17-19-4-3-5-25(17)23-18/h3-5H,6-10H2,1-2H3. The summed E-state index contributed by atoms with van der Waals surface area (Å²) in [7, 11) is 0. The van der Waals surface area contributed by atoms with Crippen LogP contribution >= 0.6 is 23.1 Å². The van der Waals surface area contributed by atoms with Crippen LogP contribution in [0.2, 0.25) is 0 Å². The highest BCUT2D eigenvalue weighted by molar-refractivity contribution is 7.99. The van der Waals surface area contributed by atoms with Gasteiger partial charge in [-0.3, -0.25) is 4.90 Å². The number of rotatable bonds is 4. The fourth-order valence-electron chi connectivity index (χ4n) is 3.20. The van der Waals surface area contributed by atoms with E-state index in [9.17, 15) is 0 Å². The second kappa shape index (κ2) is 7.36. The molecule has 0 amide bonds. The molecule has 28 heavy (non-hydrogen) atoms. The summed E-state index contributed by atoms with van der Waals surface area (Å²) in [6.07, 6.45) is 3.56. The van der Waals surface area contributed by atoms with Crippen molar-refractivity contribution < 1.29 is 4.74 Å². The molecule has 0 unspecified atom stereocenters. The zero-order valence-electron chi connectivity index (χ0n) is 15.6. The lowest BCUT2D eigenvalue weighted by atomic mass is 10.2. The average molecular weight is 414 g/mol. The van der Waals surface area contributed by atoms with E-state index in [1.807, 2.05) is 12.3 Å². The Morgan fingerprint density at radius 2 is 2.04 bits per heavy atom. The minimum atomic E-state index is 0.585. The summed E-state index contributed by atoms with van der Waals surface area (Å²) >= 11 is 3.19. The van der Waals surface area contributed by atoms with Crippen molar-refractivity contribution in [2.75, 3.05) is 26.3 Å². The van der Waals surface area contributed by atoms with Crippen molar-refractivity contribution in [3.05, 3.63) is 34.7 Å². The third kappa shape index (κ3) is 3.37. The number of morpholine rings is 1. The van der Waals surface area contributed by atoms with Gasteiger partial charge in [0.1, 0.15) is 15.7 Å². The third-order valence-electron chi connectivity index (χ3n) is 4.80. The van der Waals surface area contributed by atoms with Gasteiger partial charge in [-0.1, -0.05) is 0 Å². The molecule has 1 aliphatic heterocycles. The Morgan fingerprint density at radius 3 is 2.86 bits per heavy atom. The van der Waals surface area contributed by atoms with Gasteiger partial charge >= 0.3 is 0 Å². The Labute approximate surface area is 170 Å². The summed E-state index contributed by atoms with van der Waals surface area (Å²) in [4.78, 5) is 23.1. The molecule has 0 N–H and O–H groups in total. The van der Waals surface area contributed by atoms with Crippen molar-refractivity contribution in [3.8, 4) is 0 Å². The highest BCUT2D eigenvalue weighted by atomic mass is 32.2. The quantitative estimate of drug-likeness (QED) is 0.473. The van der Waals surface area contributed by atoms with Crippen molar-refractivity contribution in [3.63, 3.8) is 0 Å². The molecule has 0 saturated carbocycles. The summed E-state index contributed by atoms with van der Waals surface area (Å²) in [5.41, 5.74) is 1.22. The van der Waals surface area contributed by atoms with Crippen LogP contribution in [0.1, 0.15) is 16.3 Å². The highest BCUT2D eigenvalue weighted by Gasteiger charge is 2.19. The Hall–Kier alpha value is -2.14. The monoisotopic (exact) mass is 413 g/mol. The first kappa shape index (κ1) is 17.9. The number of fused-ring (bicyclic) bond motifs is 2. The van der Waals surface area contributed by atoms with E-state index in [2.05, 4.69) is 33.8 Å². The molecule has 10 heteroatoms. The van der Waals surface area contributed by atoms with E-state index in [1.54, 1.807) is 22.0 Å². The van der Waals surface area contributed by atoms with E-state index in [4.69, 9.17) is 14.7 Å². The highest BCUT2D eigenvalue weighted by Crippen LogP contribution is 2.37. The fourth-order valence-corrected chi connectivity index (χ4v) is 5.25. The van der Waals surface area contributed by atoms with Crippen LogP contribution in [-0.2, 0) is 11.3 Å². The van der Waals surface area contributed by atoms with Gasteiger partial charge < -0.3 is 4.74 Å². The van der Waals surface area contributed by atoms with Crippen LogP contribution in [0.3, 0.4) is 0 Å². The van der Waals surface area contributed by atoms with Gasteiger partial charge in [-0.15, -0.1) is 16.4 Å². The lowest BCUT2D eigenvalue weighted by Gasteiger charge is -2.25. The predicted molar refractivity (Wildman–Crippen MR) is 108 cm³/mol. The Balaban J connectivity index is 1.54. The molecule has 1 saturated heterocycles. The molecule has 0 aliphatic carbocycles. The molecule has 5 heterocycles. The topological polar surface area (TPSA) is 81.3 Å². The third-order valence-corrected chi connectivity index (χ3v) is 6.74. The van der Waals surface area contributed by atoms with E-state index < -0.39 is 0 Å². The molecule has 144 valence electrons. The fraction of sp³-hybridized carbons (Fsp3) is 0.389. The van der Waals surface area contributed by atoms with Crippen LogP contribution in [0.25, 0.3) is 16.0 Å². The summed E-state index contributed by atoms with van der Waals surface area (Å²) in [6, 6.07) is 1.84. The summed E-state index contributed by atoms with van der Waals surface area (Å²) in [5, 5.41) is 7.17. The van der Waals surface area contributed by atoms with Crippen LogP contribution in [0.4, 0.5) is 0 Å². The van der Waals surface area contributed by atoms with Crippen molar-refractivity contribution in [1.82, 2.24) is 34.4 Å². The first-order valence-electron chi connectivity index (χ1n) is 9.09. The maximum Gasteiger partial charge on any atom is 0.253 e. The number of nitrogens with zero attached hydrogens (tertiary/aromatic N) is 7. The smallest absolute Gasteiger partial charge is 0.253 e. The SMILES string of the molecule is Cc1sc2nc(CN3CCOCC3)nc(Sc3nc4ncccn4n3)c2c1C. The van der Waals surface area contributed by atoms with E-state index in [0.29, 0.717) is 10.9 Å². The van der Waals surface area contributed by atoms with Crippen LogP contribution in [-0.4, -0.2) is 60.8 Å². The van der Waals surface area contributed by atoms with Gasteiger partial charge in [-0.2, -0.15) is 4.98 Å². The van der Waals surface area contributed by atoms with E-state index in [-0.39, 0.29) is 0 Å². The lowest BCUT2D eigenvalue weighted by Crippen LogP contribution is -2.36. The average Bonchev–Trinajstić information content (AvgIpc) is 3.22. The number of hydrogen-bond donors (Lipinski definition) is 0. The zero-order chi connectivity index (χ0) is 19.1. The first-order chi connectivity index (χ1) is 13.7. The molecule has 1 aliphatic rings. The van der Waals surface area contributed by atoms with Crippen molar-refractivity contribution in [2.45, 2.75) is 30.6 Å². The molecule has 0 bridgehead atoms. The first-order valence-corrected chi connectivity index (χ1v) is 10.7. The van der Waals surface area contributed by atoms with E-state index >= 15 is 0 Å². The molecule has 5 rings (SSSR count). The number of hydrogen-bond acceptors (Lipinski definition) is 9. The van der Waals surface area contributed by atoms with E-state index in [1.165, 1.54) is 22.2 Å². The predicted octanol–water partition coefficient (Wildman–Crippen LogP) is 2.73. The molecule has 4 aromatic heterocycles. The van der Waals surface area contributed by atoms with Gasteiger partial charge in [-0.05, 0) is 37.2 Å². The molecule has 8 nitrogen and oxygen atoms in total. The number of aromatic nitrogens is 6. The maximum atomic E-state index is 5.45. The van der Waals surface area contributed by atoms with E-state index in [0.717, 1.165) is 53.9 Å². The molecule has 0 spiro atoms. The second-order valence-corrected chi connectivity index (χ2v) is 8.82. The normalized spacial score (nSPS) is 15.6. The molecule has 4 aromatic rings. The Morgan fingerprint density at radius 1 is 1.18 bits per heavy atom. The van der Waals surface area contributed by atoms with Crippen molar-refractivity contribution >= 4 is 39.1 Å². The van der Waals surface area contributed by atoms with Gasteiger partial charge in [0, 0.05) is 35.7 Å². The van der Waals surface area contributed by atoms with Crippen molar-refractivity contribution in [2.24, 2.45) is 0 Å². The van der Waals surface area contributed by atoms with Crippen LogP contribution < -0.4 is 0 Å². The van der Waals surface area contributed by atoms with Gasteiger partial charge in [-0.25, -0.2) is 19.5 Å². The molecular formula is C18H19N7OS2. The molecule has 0 radical (unpaired) electrons. The molecule has 0 aromatic carbocycles. The molecule has 1 fully saturated rings. The molecule has 0 atom stereocenters. The van der Waals surface area contributed by atoms with Gasteiger partial charge in [0.25, 0.3) is 5.78 Å². The van der Waals surface area contributed by atoms with Crippen LogP contribution in [0.5, 0.6) is 0 Å². The summed E-state index contributed by atoms with van der Waals surface area (Å²) in [5.74, 6) is 1.42. The Kier molecular flexibility index (Phi) is 4.71. The largest absolute Gasteiger partial charge is 0.379 e. The lowest BCUT2D eigenvalue weighted by molar-refractivity contribution is 0.0330. The maximum absolute atomic E-state index is 5.45. The van der Waals surface area contributed by atoms with Crippen molar-refractivity contribution in [1.29, 1.82) is 0 Å². The molecular weight excluding hydrogens is 394 g/mol. The minimum Gasteiger partial charge on any atom is -0.379 e. The van der Waals surface area contributed by atoms with Crippen LogP contribution in [0, 0.1) is 13.8 Å². The number of thiophene rings is 1. The van der Waals surface area contributed by atoms with Gasteiger partial charge in [0.2, 0.25) is 5.16 Å². The number of aryl methyl sites for hydroxylation is 2. The zero-order valence-corrected chi connectivity index (χ0v) is 17.3. The second-order valence-electron chi connectivity index (χ2n) is 6.66. The van der Waals surface area contributed by atoms with Gasteiger partial charge in [0.05, 0.1) is 19.8 Å². The summed E-state index contributed by atoms with van der Waals surface area (Å²) in [6.45, 7) is 8.33. The number of ether oxygens (including phenoxy) is 1. The Bertz CT molecular complexity index is 1120. The van der Waals surface area contributed by atoms with Crippen LogP contribution in [0.15, 0.2) is 28.6 Å². The van der Waals surface area contributed by atoms with Gasteiger partial charge in [0.15, 0.2) is 0 Å².